The van der Waals surface area contributed by atoms with Gasteiger partial charge in [-0.1, -0.05) is 30.3 Å². The molecule has 0 bridgehead atoms. The van der Waals surface area contributed by atoms with Crippen molar-refractivity contribution in [2.75, 3.05) is 18.5 Å². The fourth-order valence-electron chi connectivity index (χ4n) is 2.38. The maximum absolute atomic E-state index is 11.9. The molecule has 0 saturated carbocycles. The minimum Gasteiger partial charge on any atom is -0.494 e. The highest BCUT2D eigenvalue weighted by molar-refractivity contribution is 5.92. The van der Waals surface area contributed by atoms with E-state index in [9.17, 15) is 9.59 Å². The van der Waals surface area contributed by atoms with Crippen molar-refractivity contribution in [3.63, 3.8) is 0 Å². The quantitative estimate of drug-likeness (QED) is 0.746. The van der Waals surface area contributed by atoms with Crippen LogP contribution in [-0.4, -0.2) is 25.1 Å². The Hall–Kier alpha value is -2.82. The van der Waals surface area contributed by atoms with Gasteiger partial charge < -0.3 is 14.8 Å². The van der Waals surface area contributed by atoms with Gasteiger partial charge in [-0.25, -0.2) is 0 Å². The van der Waals surface area contributed by atoms with E-state index in [1.807, 2.05) is 56.3 Å². The second kappa shape index (κ2) is 9.47. The van der Waals surface area contributed by atoms with E-state index in [4.69, 9.17) is 9.47 Å². The number of hydrogen-bond acceptors (Lipinski definition) is 4. The summed E-state index contributed by atoms with van der Waals surface area (Å²) in [5.74, 6) is 0.00866. The van der Waals surface area contributed by atoms with Crippen LogP contribution in [0.3, 0.4) is 0 Å². The Balaban J connectivity index is 1.76. The number of amides is 1. The lowest BCUT2D eigenvalue weighted by molar-refractivity contribution is -0.147. The largest absolute Gasteiger partial charge is 0.494 e. The summed E-state index contributed by atoms with van der Waals surface area (Å²) in [5, 5.41) is 2.70. The second-order valence-electron chi connectivity index (χ2n) is 5.62. The average Bonchev–Trinajstić information content (AvgIpc) is 2.59. The molecule has 0 heterocycles. The number of esters is 1. The van der Waals surface area contributed by atoms with Gasteiger partial charge >= 0.3 is 5.97 Å². The summed E-state index contributed by atoms with van der Waals surface area (Å²) in [7, 11) is 0. The van der Waals surface area contributed by atoms with Crippen molar-refractivity contribution in [2.24, 2.45) is 0 Å². The molecule has 0 aromatic heterocycles. The molecule has 0 aliphatic heterocycles. The van der Waals surface area contributed by atoms with Gasteiger partial charge in [0.1, 0.15) is 5.75 Å². The highest BCUT2D eigenvalue weighted by Crippen LogP contribution is 2.19. The van der Waals surface area contributed by atoms with Gasteiger partial charge in [0.2, 0.25) is 0 Å². The van der Waals surface area contributed by atoms with Crippen LogP contribution in [0.1, 0.15) is 24.5 Å². The van der Waals surface area contributed by atoms with Gasteiger partial charge in [0.25, 0.3) is 5.91 Å². The smallest absolute Gasteiger partial charge is 0.306 e. The average molecular weight is 341 g/mol. The molecule has 0 spiro atoms. The summed E-state index contributed by atoms with van der Waals surface area (Å²) in [6.07, 6.45) is 0.705. The number of ether oxygens (including phenoxy) is 2. The highest BCUT2D eigenvalue weighted by atomic mass is 16.5. The molecule has 0 atom stereocenters. The number of aryl methyl sites for hydroxylation is 2. The van der Waals surface area contributed by atoms with E-state index in [0.717, 1.165) is 16.9 Å². The number of para-hydroxylation sites is 1. The molecule has 1 N–H and O–H groups in total. The molecule has 0 aliphatic carbocycles. The topological polar surface area (TPSA) is 64.6 Å². The number of rotatable bonds is 8. The van der Waals surface area contributed by atoms with Gasteiger partial charge in [-0.2, -0.15) is 0 Å². The van der Waals surface area contributed by atoms with Gasteiger partial charge in [-0.05, 0) is 49.6 Å². The monoisotopic (exact) mass is 341 g/mol. The van der Waals surface area contributed by atoms with Gasteiger partial charge in [0, 0.05) is 12.1 Å². The predicted octanol–water partition coefficient (Wildman–Crippen LogP) is 3.51. The number of anilines is 1. The molecular weight excluding hydrogens is 318 g/mol. The molecule has 25 heavy (non-hydrogen) atoms. The first-order valence-electron chi connectivity index (χ1n) is 8.31. The van der Waals surface area contributed by atoms with Gasteiger partial charge in [0.05, 0.1) is 6.61 Å². The van der Waals surface area contributed by atoms with Crippen LogP contribution in [0.15, 0.2) is 48.5 Å². The van der Waals surface area contributed by atoms with Crippen LogP contribution >= 0.6 is 0 Å². The molecule has 0 aliphatic rings. The van der Waals surface area contributed by atoms with Crippen LogP contribution in [0.25, 0.3) is 0 Å². The number of hydrogen-bond donors (Lipinski definition) is 1. The fraction of sp³-hybridized carbons (Fsp3) is 0.300. The van der Waals surface area contributed by atoms with Crippen molar-refractivity contribution in [2.45, 2.75) is 26.7 Å². The van der Waals surface area contributed by atoms with Crippen LogP contribution in [-0.2, 0) is 20.7 Å². The Morgan fingerprint density at radius 1 is 1.08 bits per heavy atom. The zero-order chi connectivity index (χ0) is 18.1. The molecular formula is C20H23NO4. The van der Waals surface area contributed by atoms with Crippen molar-refractivity contribution >= 4 is 17.6 Å². The molecule has 0 radical (unpaired) electrons. The van der Waals surface area contributed by atoms with E-state index < -0.39 is 5.97 Å². The third-order valence-electron chi connectivity index (χ3n) is 3.54. The second-order valence-corrected chi connectivity index (χ2v) is 5.62. The first-order chi connectivity index (χ1) is 12.1. The Kier molecular flexibility index (Phi) is 7.01. The molecule has 0 saturated heterocycles. The normalized spacial score (nSPS) is 10.2. The summed E-state index contributed by atoms with van der Waals surface area (Å²) >= 11 is 0. The van der Waals surface area contributed by atoms with Crippen LogP contribution in [0, 0.1) is 6.92 Å². The molecule has 2 rings (SSSR count). The number of carbonyl (C=O) groups is 2. The van der Waals surface area contributed by atoms with Crippen molar-refractivity contribution < 1.29 is 19.1 Å². The lowest BCUT2D eigenvalue weighted by Gasteiger charge is -2.10. The number of nitrogens with one attached hydrogen (secondary N) is 1. The molecule has 5 heteroatoms. The molecule has 1 amide bonds. The summed E-state index contributed by atoms with van der Waals surface area (Å²) in [4.78, 5) is 23.7. The van der Waals surface area contributed by atoms with Crippen LogP contribution in [0.5, 0.6) is 5.75 Å². The van der Waals surface area contributed by atoms with Crippen molar-refractivity contribution in [3.05, 3.63) is 59.7 Å². The van der Waals surface area contributed by atoms with E-state index in [1.54, 1.807) is 6.07 Å². The first kappa shape index (κ1) is 18.5. The number of carbonyl (C=O) groups excluding carboxylic acids is 2. The van der Waals surface area contributed by atoms with Crippen LogP contribution in [0.2, 0.25) is 0 Å². The Bertz CT molecular complexity index is 727. The predicted molar refractivity (Wildman–Crippen MR) is 96.7 cm³/mol. The standard InChI is InChI=1S/C20H23NO4/c1-3-24-18-10-5-4-8-16(18)11-12-20(23)25-14-19(22)21-17-9-6-7-15(2)13-17/h4-10,13H,3,11-12,14H2,1-2H3,(H,21,22). The zero-order valence-corrected chi connectivity index (χ0v) is 14.6. The summed E-state index contributed by atoms with van der Waals surface area (Å²) < 4.78 is 10.6. The maximum Gasteiger partial charge on any atom is 0.306 e. The maximum atomic E-state index is 11.9. The van der Waals surface area contributed by atoms with Crippen molar-refractivity contribution in [1.29, 1.82) is 0 Å². The minimum absolute atomic E-state index is 0.196. The van der Waals surface area contributed by atoms with Crippen LogP contribution in [0.4, 0.5) is 5.69 Å². The molecule has 132 valence electrons. The zero-order valence-electron chi connectivity index (χ0n) is 14.6. The minimum atomic E-state index is -0.411. The van der Waals surface area contributed by atoms with Gasteiger partial charge in [-0.15, -0.1) is 0 Å². The van der Waals surface area contributed by atoms with Crippen molar-refractivity contribution in [1.82, 2.24) is 0 Å². The van der Waals surface area contributed by atoms with Gasteiger partial charge in [0.15, 0.2) is 6.61 Å². The van der Waals surface area contributed by atoms with Gasteiger partial charge in [-0.3, -0.25) is 9.59 Å². The SMILES string of the molecule is CCOc1ccccc1CCC(=O)OCC(=O)Nc1cccc(C)c1. The molecule has 0 fully saturated rings. The summed E-state index contributed by atoms with van der Waals surface area (Å²) in [6, 6.07) is 15.0. The molecule has 5 nitrogen and oxygen atoms in total. The third kappa shape index (κ3) is 6.30. The van der Waals surface area contributed by atoms with Crippen molar-refractivity contribution in [3.8, 4) is 5.75 Å². The lowest BCUT2D eigenvalue weighted by atomic mass is 10.1. The summed E-state index contributed by atoms with van der Waals surface area (Å²) in [6.45, 7) is 4.13. The molecule has 0 unspecified atom stereocenters. The Labute approximate surface area is 148 Å². The van der Waals surface area contributed by atoms with E-state index in [1.165, 1.54) is 0 Å². The number of benzene rings is 2. The third-order valence-corrected chi connectivity index (χ3v) is 3.54. The first-order valence-corrected chi connectivity index (χ1v) is 8.31. The lowest BCUT2D eigenvalue weighted by Crippen LogP contribution is -2.21. The van der Waals surface area contributed by atoms with E-state index in [-0.39, 0.29) is 18.9 Å². The fourth-order valence-corrected chi connectivity index (χ4v) is 2.38. The van der Waals surface area contributed by atoms with E-state index >= 15 is 0 Å². The molecule has 2 aromatic rings. The van der Waals surface area contributed by atoms with E-state index in [2.05, 4.69) is 5.32 Å². The Morgan fingerprint density at radius 3 is 2.64 bits per heavy atom. The highest BCUT2D eigenvalue weighted by Gasteiger charge is 2.10. The van der Waals surface area contributed by atoms with E-state index in [0.29, 0.717) is 18.7 Å². The summed E-state index contributed by atoms with van der Waals surface area (Å²) in [5.41, 5.74) is 2.68. The Morgan fingerprint density at radius 2 is 1.88 bits per heavy atom. The van der Waals surface area contributed by atoms with Crippen LogP contribution < -0.4 is 10.1 Å². The molecule has 2 aromatic carbocycles.